The van der Waals surface area contributed by atoms with Crippen LogP contribution in [0.3, 0.4) is 0 Å². The van der Waals surface area contributed by atoms with Crippen molar-refractivity contribution in [2.45, 2.75) is 44.9 Å². The van der Waals surface area contributed by atoms with Crippen LogP contribution in [-0.2, 0) is 6.42 Å². The number of hydrogen-bond donors (Lipinski definition) is 2. The summed E-state index contributed by atoms with van der Waals surface area (Å²) in [7, 11) is 0. The third-order valence-electron chi connectivity index (χ3n) is 3.97. The van der Waals surface area contributed by atoms with Gasteiger partial charge >= 0.3 is 0 Å². The number of phenolic OH excluding ortho intramolecular Hbond substituents is 2. The molecule has 1 aliphatic rings. The number of rotatable bonds is 5. The molecular formula is C17H24O2S. The van der Waals surface area contributed by atoms with Gasteiger partial charge in [0.2, 0.25) is 0 Å². The van der Waals surface area contributed by atoms with Gasteiger partial charge in [0.25, 0.3) is 0 Å². The number of phenols is 2. The molecule has 0 saturated heterocycles. The van der Waals surface area contributed by atoms with Gasteiger partial charge in [0, 0.05) is 17.5 Å². The van der Waals surface area contributed by atoms with E-state index in [4.69, 9.17) is 0 Å². The summed E-state index contributed by atoms with van der Waals surface area (Å²) < 4.78 is 0. The molecule has 0 heterocycles. The van der Waals surface area contributed by atoms with Crippen molar-refractivity contribution in [3.05, 3.63) is 34.9 Å². The van der Waals surface area contributed by atoms with Crippen molar-refractivity contribution in [2.75, 3.05) is 12.0 Å². The molecule has 0 aliphatic heterocycles. The van der Waals surface area contributed by atoms with Crippen LogP contribution in [0.4, 0.5) is 0 Å². The SMILES string of the molecule is CSCCCc1cc(O)cc(O)c1C1C=C(C)CCC1. The average molecular weight is 292 g/mol. The Balaban J connectivity index is 2.31. The lowest BCUT2D eigenvalue weighted by Crippen LogP contribution is -2.06. The Morgan fingerprint density at radius 1 is 1.30 bits per heavy atom. The zero-order valence-corrected chi connectivity index (χ0v) is 13.2. The highest BCUT2D eigenvalue weighted by atomic mass is 32.2. The molecule has 0 bridgehead atoms. The second-order valence-electron chi connectivity index (χ2n) is 5.65. The number of allylic oxidation sites excluding steroid dienone is 2. The number of thioether (sulfide) groups is 1. The van der Waals surface area contributed by atoms with E-state index >= 15 is 0 Å². The standard InChI is InChI=1S/C17H24O2S/c1-12-5-3-6-13(9-12)17-14(7-4-8-20-2)10-15(18)11-16(17)19/h9-11,13,18-19H,3-8H2,1-2H3. The Hall–Kier alpha value is -1.09. The highest BCUT2D eigenvalue weighted by Crippen LogP contribution is 2.40. The van der Waals surface area contributed by atoms with Crippen molar-refractivity contribution >= 4 is 11.8 Å². The van der Waals surface area contributed by atoms with E-state index in [9.17, 15) is 10.2 Å². The van der Waals surface area contributed by atoms with Crippen molar-refractivity contribution in [3.63, 3.8) is 0 Å². The smallest absolute Gasteiger partial charge is 0.123 e. The third kappa shape index (κ3) is 3.72. The van der Waals surface area contributed by atoms with E-state index < -0.39 is 0 Å². The molecule has 0 fully saturated rings. The predicted octanol–water partition coefficient (Wildman–Crippen LogP) is 4.61. The maximum atomic E-state index is 10.3. The van der Waals surface area contributed by atoms with Crippen LogP contribution < -0.4 is 0 Å². The fourth-order valence-electron chi connectivity index (χ4n) is 3.06. The summed E-state index contributed by atoms with van der Waals surface area (Å²) >= 11 is 1.83. The summed E-state index contributed by atoms with van der Waals surface area (Å²) in [5.41, 5.74) is 3.54. The van der Waals surface area contributed by atoms with Gasteiger partial charge in [-0.3, -0.25) is 0 Å². The zero-order valence-electron chi connectivity index (χ0n) is 12.4. The number of benzene rings is 1. The first kappa shape index (κ1) is 15.3. The van der Waals surface area contributed by atoms with Gasteiger partial charge < -0.3 is 10.2 Å². The molecule has 1 unspecified atom stereocenters. The summed E-state index contributed by atoms with van der Waals surface area (Å²) in [6.07, 6.45) is 9.82. The van der Waals surface area contributed by atoms with Crippen LogP contribution in [0, 0.1) is 0 Å². The van der Waals surface area contributed by atoms with Crippen molar-refractivity contribution < 1.29 is 10.2 Å². The Kier molecular flexibility index (Phi) is 5.41. The topological polar surface area (TPSA) is 40.5 Å². The molecule has 2 N–H and O–H groups in total. The van der Waals surface area contributed by atoms with E-state index in [0.29, 0.717) is 5.92 Å². The summed E-state index contributed by atoms with van der Waals surface area (Å²) in [4.78, 5) is 0. The first-order valence-corrected chi connectivity index (χ1v) is 8.72. The van der Waals surface area contributed by atoms with E-state index in [-0.39, 0.29) is 11.5 Å². The third-order valence-corrected chi connectivity index (χ3v) is 4.66. The van der Waals surface area contributed by atoms with Crippen LogP contribution in [0.25, 0.3) is 0 Å². The highest BCUT2D eigenvalue weighted by molar-refractivity contribution is 7.98. The maximum Gasteiger partial charge on any atom is 0.123 e. The molecule has 110 valence electrons. The minimum absolute atomic E-state index is 0.168. The van der Waals surface area contributed by atoms with Gasteiger partial charge in [-0.15, -0.1) is 0 Å². The number of aryl methyl sites for hydroxylation is 1. The van der Waals surface area contributed by atoms with E-state index in [0.717, 1.165) is 42.6 Å². The van der Waals surface area contributed by atoms with Gasteiger partial charge in [0.1, 0.15) is 11.5 Å². The van der Waals surface area contributed by atoms with E-state index in [1.807, 2.05) is 17.8 Å². The lowest BCUT2D eigenvalue weighted by Gasteiger charge is -2.23. The Morgan fingerprint density at radius 2 is 2.10 bits per heavy atom. The average Bonchev–Trinajstić information content (AvgIpc) is 2.38. The summed E-state index contributed by atoms with van der Waals surface area (Å²) in [6.45, 7) is 2.16. The molecule has 1 atom stereocenters. The minimum atomic E-state index is 0.168. The van der Waals surface area contributed by atoms with Crippen LogP contribution in [0.1, 0.15) is 49.7 Å². The summed E-state index contributed by atoms with van der Waals surface area (Å²) in [5, 5.41) is 20.0. The van der Waals surface area contributed by atoms with Gasteiger partial charge in [0.15, 0.2) is 0 Å². The molecule has 0 aromatic heterocycles. The molecule has 1 aromatic rings. The molecule has 1 aromatic carbocycles. The number of aromatic hydroxyl groups is 2. The molecule has 1 aliphatic carbocycles. The van der Waals surface area contributed by atoms with Gasteiger partial charge in [-0.05, 0) is 62.7 Å². The fourth-order valence-corrected chi connectivity index (χ4v) is 3.49. The Morgan fingerprint density at radius 3 is 2.80 bits per heavy atom. The van der Waals surface area contributed by atoms with Crippen molar-refractivity contribution in [2.24, 2.45) is 0 Å². The largest absolute Gasteiger partial charge is 0.508 e. The molecule has 0 saturated carbocycles. The van der Waals surface area contributed by atoms with Gasteiger partial charge in [-0.2, -0.15) is 11.8 Å². The molecule has 20 heavy (non-hydrogen) atoms. The van der Waals surface area contributed by atoms with Crippen LogP contribution in [0.5, 0.6) is 11.5 Å². The second-order valence-corrected chi connectivity index (χ2v) is 6.63. The molecular weight excluding hydrogens is 268 g/mol. The summed E-state index contributed by atoms with van der Waals surface area (Å²) in [5.74, 6) is 1.82. The maximum absolute atomic E-state index is 10.3. The first-order chi connectivity index (χ1) is 9.61. The van der Waals surface area contributed by atoms with Crippen LogP contribution >= 0.6 is 11.8 Å². The van der Waals surface area contributed by atoms with Gasteiger partial charge in [-0.25, -0.2) is 0 Å². The van der Waals surface area contributed by atoms with Crippen LogP contribution in [0.15, 0.2) is 23.8 Å². The van der Waals surface area contributed by atoms with Crippen molar-refractivity contribution in [3.8, 4) is 11.5 Å². The molecule has 2 nitrogen and oxygen atoms in total. The molecule has 0 amide bonds. The van der Waals surface area contributed by atoms with Crippen LogP contribution in [0.2, 0.25) is 0 Å². The number of hydrogen-bond acceptors (Lipinski definition) is 3. The lowest BCUT2D eigenvalue weighted by atomic mass is 9.82. The van der Waals surface area contributed by atoms with Gasteiger partial charge in [-0.1, -0.05) is 11.6 Å². The second kappa shape index (κ2) is 7.07. The Bertz CT molecular complexity index is 494. The van der Waals surface area contributed by atoms with Gasteiger partial charge in [0.05, 0.1) is 0 Å². The summed E-state index contributed by atoms with van der Waals surface area (Å²) in [6, 6.07) is 3.30. The van der Waals surface area contributed by atoms with Crippen LogP contribution in [-0.4, -0.2) is 22.2 Å². The molecule has 0 radical (unpaired) electrons. The minimum Gasteiger partial charge on any atom is -0.508 e. The lowest BCUT2D eigenvalue weighted by molar-refractivity contribution is 0.439. The zero-order chi connectivity index (χ0) is 14.5. The first-order valence-electron chi connectivity index (χ1n) is 7.32. The van der Waals surface area contributed by atoms with E-state index in [1.165, 1.54) is 18.1 Å². The Labute approximate surface area is 125 Å². The molecule has 2 rings (SSSR count). The van der Waals surface area contributed by atoms with E-state index in [2.05, 4.69) is 19.3 Å². The van der Waals surface area contributed by atoms with E-state index in [1.54, 1.807) is 0 Å². The monoisotopic (exact) mass is 292 g/mol. The molecule has 3 heteroatoms. The predicted molar refractivity (Wildman–Crippen MR) is 86.8 cm³/mol. The quantitative estimate of drug-likeness (QED) is 0.615. The van der Waals surface area contributed by atoms with Crippen molar-refractivity contribution in [1.82, 2.24) is 0 Å². The van der Waals surface area contributed by atoms with Crippen molar-refractivity contribution in [1.29, 1.82) is 0 Å². The normalized spacial score (nSPS) is 18.9. The molecule has 0 spiro atoms. The fraction of sp³-hybridized carbons (Fsp3) is 0.529. The highest BCUT2D eigenvalue weighted by Gasteiger charge is 2.21.